The lowest BCUT2D eigenvalue weighted by molar-refractivity contribution is -0.192. The Morgan fingerprint density at radius 2 is 1.50 bits per heavy atom. The Hall–Kier alpha value is -1.85. The largest absolute Gasteiger partial charge is 0.462 e. The SMILES string of the molecule is CCOC(=O)c1ccc(C(=O)C(C)(C)C(F)(F)F)cc1. The molecule has 0 amide bonds. The van der Waals surface area contributed by atoms with Crippen LogP contribution in [0.2, 0.25) is 0 Å². The van der Waals surface area contributed by atoms with Gasteiger partial charge in [-0.1, -0.05) is 12.1 Å². The van der Waals surface area contributed by atoms with Gasteiger partial charge < -0.3 is 4.74 Å². The van der Waals surface area contributed by atoms with E-state index in [0.717, 1.165) is 13.8 Å². The summed E-state index contributed by atoms with van der Waals surface area (Å²) in [6.07, 6.45) is -4.64. The molecule has 0 spiro atoms. The number of alkyl halides is 3. The highest BCUT2D eigenvalue weighted by Crippen LogP contribution is 2.40. The molecule has 0 aliphatic carbocycles. The third-order valence-corrected chi connectivity index (χ3v) is 2.93. The van der Waals surface area contributed by atoms with Gasteiger partial charge in [0.25, 0.3) is 0 Å². The van der Waals surface area contributed by atoms with E-state index < -0.39 is 23.3 Å². The Morgan fingerprint density at radius 3 is 1.90 bits per heavy atom. The Kier molecular flexibility index (Phi) is 4.57. The van der Waals surface area contributed by atoms with Crippen LogP contribution in [0, 0.1) is 5.41 Å². The van der Waals surface area contributed by atoms with Crippen molar-refractivity contribution in [3.63, 3.8) is 0 Å². The first-order chi connectivity index (χ1) is 9.11. The minimum Gasteiger partial charge on any atom is -0.462 e. The van der Waals surface area contributed by atoms with Crippen LogP contribution < -0.4 is 0 Å². The van der Waals surface area contributed by atoms with Crippen LogP contribution in [-0.2, 0) is 4.74 Å². The van der Waals surface area contributed by atoms with E-state index in [1.165, 1.54) is 24.3 Å². The summed E-state index contributed by atoms with van der Waals surface area (Å²) in [5.74, 6) is -1.62. The van der Waals surface area contributed by atoms with Crippen molar-refractivity contribution in [3.05, 3.63) is 35.4 Å². The number of benzene rings is 1. The van der Waals surface area contributed by atoms with E-state index in [0.29, 0.717) is 0 Å². The van der Waals surface area contributed by atoms with Crippen LogP contribution >= 0.6 is 0 Å². The Bertz CT molecular complexity index is 501. The molecule has 3 nitrogen and oxygen atoms in total. The van der Waals surface area contributed by atoms with Crippen LogP contribution in [0.25, 0.3) is 0 Å². The van der Waals surface area contributed by atoms with Crippen molar-refractivity contribution in [3.8, 4) is 0 Å². The first-order valence-corrected chi connectivity index (χ1v) is 6.00. The number of carbonyl (C=O) groups is 2. The molecule has 0 N–H and O–H groups in total. The van der Waals surface area contributed by atoms with Crippen molar-refractivity contribution in [1.29, 1.82) is 0 Å². The average molecular weight is 288 g/mol. The van der Waals surface area contributed by atoms with Crippen molar-refractivity contribution in [2.45, 2.75) is 26.9 Å². The number of hydrogen-bond acceptors (Lipinski definition) is 3. The van der Waals surface area contributed by atoms with Gasteiger partial charge in [-0.15, -0.1) is 0 Å². The fraction of sp³-hybridized carbons (Fsp3) is 0.429. The van der Waals surface area contributed by atoms with Gasteiger partial charge in [0.05, 0.1) is 12.2 Å². The van der Waals surface area contributed by atoms with E-state index in [1.807, 2.05) is 0 Å². The lowest BCUT2D eigenvalue weighted by atomic mass is 9.83. The minimum atomic E-state index is -4.64. The molecule has 0 bridgehead atoms. The summed E-state index contributed by atoms with van der Waals surface area (Å²) in [6.45, 7) is 3.49. The number of ether oxygens (including phenoxy) is 1. The van der Waals surface area contributed by atoms with Gasteiger partial charge in [0.1, 0.15) is 5.41 Å². The molecule has 0 aliphatic heterocycles. The number of halogens is 3. The van der Waals surface area contributed by atoms with Crippen LogP contribution in [0.4, 0.5) is 13.2 Å². The normalized spacial score (nSPS) is 12.1. The molecular weight excluding hydrogens is 273 g/mol. The maximum atomic E-state index is 12.8. The molecule has 0 aliphatic rings. The molecule has 0 atom stereocenters. The zero-order chi connectivity index (χ0) is 15.6. The summed E-state index contributed by atoms with van der Waals surface area (Å²) in [5.41, 5.74) is -2.38. The molecular formula is C14H15F3O3. The smallest absolute Gasteiger partial charge is 0.401 e. The van der Waals surface area contributed by atoms with Gasteiger partial charge in [0.15, 0.2) is 5.78 Å². The third kappa shape index (κ3) is 3.18. The molecule has 0 fully saturated rings. The van der Waals surface area contributed by atoms with E-state index >= 15 is 0 Å². The first-order valence-electron chi connectivity index (χ1n) is 6.00. The maximum absolute atomic E-state index is 12.8. The monoisotopic (exact) mass is 288 g/mol. The Morgan fingerprint density at radius 1 is 1.05 bits per heavy atom. The van der Waals surface area contributed by atoms with Gasteiger partial charge in [-0.3, -0.25) is 4.79 Å². The molecule has 1 aromatic carbocycles. The molecule has 6 heteroatoms. The number of carbonyl (C=O) groups excluding carboxylic acids is 2. The molecule has 20 heavy (non-hydrogen) atoms. The summed E-state index contributed by atoms with van der Waals surface area (Å²) in [7, 11) is 0. The molecule has 1 aromatic rings. The van der Waals surface area contributed by atoms with Crippen molar-refractivity contribution in [1.82, 2.24) is 0 Å². The summed E-state index contributed by atoms with van der Waals surface area (Å²) in [6, 6.07) is 4.94. The molecule has 0 aromatic heterocycles. The van der Waals surface area contributed by atoms with Gasteiger partial charge in [0.2, 0.25) is 0 Å². The fourth-order valence-electron chi connectivity index (χ4n) is 1.46. The number of rotatable bonds is 4. The van der Waals surface area contributed by atoms with Crippen molar-refractivity contribution >= 4 is 11.8 Å². The van der Waals surface area contributed by atoms with Crippen LogP contribution in [0.15, 0.2) is 24.3 Å². The highest BCUT2D eigenvalue weighted by atomic mass is 19.4. The van der Waals surface area contributed by atoms with E-state index in [1.54, 1.807) is 6.92 Å². The molecule has 0 saturated heterocycles. The lowest BCUT2D eigenvalue weighted by Crippen LogP contribution is -2.39. The number of Topliss-reactive ketones (excluding diaryl/α,β-unsaturated/α-hetero) is 1. The second kappa shape index (κ2) is 5.64. The molecule has 0 radical (unpaired) electrons. The van der Waals surface area contributed by atoms with Gasteiger partial charge in [-0.05, 0) is 32.9 Å². The Balaban J connectivity index is 3.00. The summed E-state index contributed by atoms with van der Waals surface area (Å²) in [4.78, 5) is 23.3. The summed E-state index contributed by atoms with van der Waals surface area (Å²) < 4.78 is 43.1. The zero-order valence-corrected chi connectivity index (χ0v) is 11.4. The molecule has 110 valence electrons. The van der Waals surface area contributed by atoms with Crippen LogP contribution in [0.1, 0.15) is 41.5 Å². The van der Waals surface area contributed by atoms with Gasteiger partial charge >= 0.3 is 12.1 Å². The lowest BCUT2D eigenvalue weighted by Gasteiger charge is -2.26. The van der Waals surface area contributed by atoms with E-state index in [-0.39, 0.29) is 17.7 Å². The predicted octanol–water partition coefficient (Wildman–Crippen LogP) is 3.63. The number of ketones is 1. The van der Waals surface area contributed by atoms with E-state index in [9.17, 15) is 22.8 Å². The van der Waals surface area contributed by atoms with Crippen molar-refractivity contribution in [2.24, 2.45) is 5.41 Å². The topological polar surface area (TPSA) is 43.4 Å². The Labute approximate surface area is 114 Å². The average Bonchev–Trinajstić information content (AvgIpc) is 2.37. The standard InChI is InChI=1S/C14H15F3O3/c1-4-20-12(19)10-7-5-9(6-8-10)11(18)13(2,3)14(15,16)17/h5-8H,4H2,1-3H3. The second-order valence-corrected chi connectivity index (χ2v) is 4.75. The summed E-state index contributed by atoms with van der Waals surface area (Å²) >= 11 is 0. The van der Waals surface area contributed by atoms with E-state index in [4.69, 9.17) is 4.74 Å². The van der Waals surface area contributed by atoms with Crippen LogP contribution in [0.5, 0.6) is 0 Å². The first kappa shape index (κ1) is 16.2. The van der Waals surface area contributed by atoms with Crippen LogP contribution in [-0.4, -0.2) is 24.5 Å². The fourth-order valence-corrected chi connectivity index (χ4v) is 1.46. The molecule has 0 unspecified atom stereocenters. The molecule has 1 rings (SSSR count). The number of hydrogen-bond donors (Lipinski definition) is 0. The zero-order valence-electron chi connectivity index (χ0n) is 11.4. The van der Waals surface area contributed by atoms with Gasteiger partial charge in [0, 0.05) is 5.56 Å². The van der Waals surface area contributed by atoms with Crippen molar-refractivity contribution in [2.75, 3.05) is 6.61 Å². The predicted molar refractivity (Wildman–Crippen MR) is 66.6 cm³/mol. The van der Waals surface area contributed by atoms with Crippen molar-refractivity contribution < 1.29 is 27.5 Å². The quantitative estimate of drug-likeness (QED) is 0.627. The number of esters is 1. The maximum Gasteiger partial charge on any atom is 0.401 e. The summed E-state index contributed by atoms with van der Waals surface area (Å²) in [5, 5.41) is 0. The third-order valence-electron chi connectivity index (χ3n) is 2.93. The minimum absolute atomic E-state index is 0.0969. The highest BCUT2D eigenvalue weighted by Gasteiger charge is 2.52. The highest BCUT2D eigenvalue weighted by molar-refractivity contribution is 6.01. The van der Waals surface area contributed by atoms with E-state index in [2.05, 4.69) is 0 Å². The van der Waals surface area contributed by atoms with Gasteiger partial charge in [-0.25, -0.2) is 4.79 Å². The van der Waals surface area contributed by atoms with Crippen LogP contribution in [0.3, 0.4) is 0 Å². The second-order valence-electron chi connectivity index (χ2n) is 4.75. The van der Waals surface area contributed by atoms with Gasteiger partial charge in [-0.2, -0.15) is 13.2 Å². The molecule has 0 saturated carbocycles. The molecule has 0 heterocycles.